The maximum absolute atomic E-state index is 13.4. The van der Waals surface area contributed by atoms with Crippen molar-refractivity contribution >= 4 is 50.6 Å². The number of fused-ring (bicyclic) bond motifs is 3. The Labute approximate surface area is 290 Å². The normalized spacial score (nSPS) is 10.5. The number of hydrogen-bond acceptors (Lipinski definition) is 5. The summed E-state index contributed by atoms with van der Waals surface area (Å²) >= 11 is 0. The number of halogens is 3. The van der Waals surface area contributed by atoms with Crippen molar-refractivity contribution in [3.05, 3.63) is 168 Å². The van der Waals surface area contributed by atoms with Gasteiger partial charge in [-0.1, -0.05) is 6.07 Å². The van der Waals surface area contributed by atoms with Crippen LogP contribution in [0.25, 0.3) is 44.4 Å². The molecule has 0 atom stereocenters. The zero-order valence-corrected chi connectivity index (χ0v) is 26.8. The second-order valence-corrected chi connectivity index (χ2v) is 10.8. The molecule has 0 aliphatic carbocycles. The van der Waals surface area contributed by atoms with Gasteiger partial charge in [0, 0.05) is 87.2 Å². The summed E-state index contributed by atoms with van der Waals surface area (Å²) in [5.41, 5.74) is 6.08. The number of nitrogens with one attached hydrogen (secondary N) is 3. The van der Waals surface area contributed by atoms with E-state index in [4.69, 9.17) is 5.26 Å². The summed E-state index contributed by atoms with van der Waals surface area (Å²) in [5, 5.41) is 20.3. The van der Waals surface area contributed by atoms with E-state index in [2.05, 4.69) is 31.0 Å². The predicted molar refractivity (Wildman–Crippen MR) is 191 cm³/mol. The molecule has 0 bridgehead atoms. The molecule has 3 N–H and O–H groups in total. The molecule has 0 spiro atoms. The first-order valence-corrected chi connectivity index (χ1v) is 15.4. The number of H-pyrrole nitrogens is 3. The Morgan fingerprint density at radius 1 is 0.706 bits per heavy atom. The zero-order chi connectivity index (χ0) is 36.0. The van der Waals surface area contributed by atoms with Gasteiger partial charge in [0.05, 0.1) is 24.1 Å². The minimum Gasteiger partial charge on any atom is -0.361 e. The molecular weight excluding hydrogens is 651 g/mol. The van der Waals surface area contributed by atoms with Crippen LogP contribution in [0.5, 0.6) is 0 Å². The third-order valence-corrected chi connectivity index (χ3v) is 7.38. The van der Waals surface area contributed by atoms with Crippen LogP contribution in [-0.2, 0) is 6.42 Å². The third-order valence-electron chi connectivity index (χ3n) is 7.38. The van der Waals surface area contributed by atoms with Crippen molar-refractivity contribution in [3.63, 3.8) is 0 Å². The van der Waals surface area contributed by atoms with Gasteiger partial charge in [-0.3, -0.25) is 14.8 Å². The standard InChI is InChI=1S/C16H10FN3.C10H7FN2.C8H6FN.C6H5NO/c17-13-3-4-16-14(7-13)15(10-20-16)12(8-18)6-11-2-1-5-19-9-11;11-8-1-2-10-9(5-8)7(3-4-12)6-13-10;9-7-1-2-8-6(5-7)3-4-10-8;8-5-6-2-1-3-7-4-6/h1-7,9-10,20H;1-2,5-6,13H,3H2;1-5,10H;1-5H/b12-6+;;;. The second kappa shape index (κ2) is 17.2. The van der Waals surface area contributed by atoms with Gasteiger partial charge in [-0.25, -0.2) is 13.2 Å². The smallest absolute Gasteiger partial charge is 0.151 e. The molecule has 8 rings (SSSR count). The number of aldehydes is 1. The highest BCUT2D eigenvalue weighted by atomic mass is 19.1. The van der Waals surface area contributed by atoms with E-state index in [0.717, 1.165) is 44.7 Å². The van der Waals surface area contributed by atoms with Gasteiger partial charge in [-0.2, -0.15) is 10.5 Å². The Morgan fingerprint density at radius 2 is 1.31 bits per heavy atom. The molecule has 8 aromatic rings. The minimum absolute atomic E-state index is 0.188. The van der Waals surface area contributed by atoms with Crippen LogP contribution in [0.1, 0.15) is 27.0 Å². The van der Waals surface area contributed by atoms with Gasteiger partial charge >= 0.3 is 0 Å². The van der Waals surface area contributed by atoms with Crippen LogP contribution >= 0.6 is 0 Å². The number of aromatic nitrogens is 5. The molecule has 0 amide bonds. The summed E-state index contributed by atoms with van der Waals surface area (Å²) in [4.78, 5) is 26.7. The lowest BCUT2D eigenvalue weighted by atomic mass is 10.0. The molecule has 5 aromatic heterocycles. The number of rotatable bonds is 4. The molecule has 0 radical (unpaired) electrons. The lowest BCUT2D eigenvalue weighted by Gasteiger charge is -1.98. The van der Waals surface area contributed by atoms with Crippen molar-refractivity contribution in [2.45, 2.75) is 6.42 Å². The molecule has 0 saturated carbocycles. The summed E-state index contributed by atoms with van der Waals surface area (Å²) in [6.45, 7) is 0. The Kier molecular flexibility index (Phi) is 11.9. The predicted octanol–water partition coefficient (Wildman–Crippen LogP) is 9.34. The van der Waals surface area contributed by atoms with Crippen LogP contribution in [-0.4, -0.2) is 31.2 Å². The highest BCUT2D eigenvalue weighted by Crippen LogP contribution is 2.27. The maximum Gasteiger partial charge on any atom is 0.151 e. The fourth-order valence-corrected chi connectivity index (χ4v) is 4.97. The monoisotopic (exact) mass is 679 g/mol. The maximum atomic E-state index is 13.4. The van der Waals surface area contributed by atoms with Gasteiger partial charge in [0.2, 0.25) is 0 Å². The van der Waals surface area contributed by atoms with Crippen LogP contribution in [0.4, 0.5) is 13.2 Å². The molecule has 8 nitrogen and oxygen atoms in total. The number of nitrogens with zero attached hydrogens (tertiary/aromatic N) is 4. The highest BCUT2D eigenvalue weighted by Gasteiger charge is 2.09. The number of pyridine rings is 2. The SMILES string of the molecule is Fc1ccc2[nH]ccc2c1.N#C/C(=C\c1cccnc1)c1c[nH]c2ccc(F)cc12.N#CCc1c[nH]c2ccc(F)cc12.O=Cc1cccnc1. The van der Waals surface area contributed by atoms with E-state index in [1.807, 2.05) is 18.2 Å². The lowest BCUT2D eigenvalue weighted by Crippen LogP contribution is -1.82. The van der Waals surface area contributed by atoms with E-state index < -0.39 is 0 Å². The molecule has 3 aromatic carbocycles. The number of carbonyl (C=O) groups excluding carboxylic acids is 1. The van der Waals surface area contributed by atoms with Crippen molar-refractivity contribution in [2.75, 3.05) is 0 Å². The molecule has 0 aliphatic heterocycles. The molecule has 0 saturated heterocycles. The Morgan fingerprint density at radius 3 is 1.92 bits per heavy atom. The minimum atomic E-state index is -0.322. The number of aromatic amines is 3. The molecule has 0 unspecified atom stereocenters. The van der Waals surface area contributed by atoms with Gasteiger partial charge in [-0.15, -0.1) is 0 Å². The Balaban J connectivity index is 0.000000140. The summed E-state index contributed by atoms with van der Waals surface area (Å²) < 4.78 is 38.7. The second-order valence-electron chi connectivity index (χ2n) is 10.8. The van der Waals surface area contributed by atoms with Crippen molar-refractivity contribution in [2.24, 2.45) is 0 Å². The zero-order valence-electron chi connectivity index (χ0n) is 26.8. The van der Waals surface area contributed by atoms with Crippen LogP contribution in [0.2, 0.25) is 0 Å². The van der Waals surface area contributed by atoms with E-state index in [1.165, 1.54) is 42.6 Å². The van der Waals surface area contributed by atoms with E-state index in [1.54, 1.807) is 79.7 Å². The summed E-state index contributed by atoms with van der Waals surface area (Å²) in [6.07, 6.45) is 14.6. The molecule has 0 fully saturated rings. The average Bonchev–Trinajstić information content (AvgIpc) is 3.91. The highest BCUT2D eigenvalue weighted by molar-refractivity contribution is 6.01. The van der Waals surface area contributed by atoms with Gasteiger partial charge in [0.15, 0.2) is 6.29 Å². The van der Waals surface area contributed by atoms with E-state index in [9.17, 15) is 23.2 Å². The molecular formula is C40H28F3N7O. The first-order chi connectivity index (χ1) is 24.9. The number of benzene rings is 3. The molecule has 5 heterocycles. The quantitative estimate of drug-likeness (QED) is 0.126. The lowest BCUT2D eigenvalue weighted by molar-refractivity contribution is 0.112. The molecule has 250 valence electrons. The largest absolute Gasteiger partial charge is 0.361 e. The first kappa shape index (κ1) is 35.1. The van der Waals surface area contributed by atoms with Crippen LogP contribution < -0.4 is 0 Å². The van der Waals surface area contributed by atoms with Gasteiger partial charge in [0.25, 0.3) is 0 Å². The first-order valence-electron chi connectivity index (χ1n) is 15.4. The number of carbonyl (C=O) groups is 1. The van der Waals surface area contributed by atoms with Gasteiger partial charge in [0.1, 0.15) is 17.5 Å². The van der Waals surface area contributed by atoms with Gasteiger partial charge < -0.3 is 15.0 Å². The van der Waals surface area contributed by atoms with Crippen molar-refractivity contribution < 1.29 is 18.0 Å². The average molecular weight is 680 g/mol. The third kappa shape index (κ3) is 9.44. The summed E-state index contributed by atoms with van der Waals surface area (Å²) in [5.74, 6) is -0.782. The Hall–Kier alpha value is -7.24. The van der Waals surface area contributed by atoms with E-state index >= 15 is 0 Å². The summed E-state index contributed by atoms with van der Waals surface area (Å²) in [6, 6.07) is 26.8. The summed E-state index contributed by atoms with van der Waals surface area (Å²) in [7, 11) is 0. The molecule has 0 aliphatic rings. The topological polar surface area (TPSA) is 138 Å². The van der Waals surface area contributed by atoms with E-state index in [0.29, 0.717) is 28.5 Å². The van der Waals surface area contributed by atoms with Crippen LogP contribution in [0, 0.1) is 40.1 Å². The van der Waals surface area contributed by atoms with E-state index in [-0.39, 0.29) is 17.5 Å². The van der Waals surface area contributed by atoms with Crippen molar-refractivity contribution in [1.29, 1.82) is 10.5 Å². The number of nitriles is 2. The van der Waals surface area contributed by atoms with Crippen LogP contribution in [0.15, 0.2) is 128 Å². The number of allylic oxidation sites excluding steroid dienone is 1. The van der Waals surface area contributed by atoms with Crippen molar-refractivity contribution in [1.82, 2.24) is 24.9 Å². The fourth-order valence-electron chi connectivity index (χ4n) is 4.97. The van der Waals surface area contributed by atoms with Crippen LogP contribution in [0.3, 0.4) is 0 Å². The van der Waals surface area contributed by atoms with Gasteiger partial charge in [-0.05, 0) is 96.1 Å². The van der Waals surface area contributed by atoms with Crippen molar-refractivity contribution in [3.8, 4) is 12.1 Å². The number of hydrogen-bond donors (Lipinski definition) is 3. The molecule has 51 heavy (non-hydrogen) atoms. The fraction of sp³-hybridized carbons (Fsp3) is 0.0250. The Bertz CT molecular complexity index is 2490. The molecule has 11 heteroatoms.